The van der Waals surface area contributed by atoms with Crippen molar-refractivity contribution >= 4 is 44.3 Å². The van der Waals surface area contributed by atoms with E-state index in [0.29, 0.717) is 23.2 Å². The van der Waals surface area contributed by atoms with Crippen LogP contribution in [0.15, 0.2) is 40.9 Å². The number of hydrogen-bond donors (Lipinski definition) is 1. The van der Waals surface area contributed by atoms with Gasteiger partial charge in [-0.3, -0.25) is 0 Å². The highest BCUT2D eigenvalue weighted by Gasteiger charge is 2.34. The fourth-order valence-corrected chi connectivity index (χ4v) is 5.95. The molecule has 1 N–H and O–H groups in total. The number of fused-ring (bicyclic) bond motifs is 1. The van der Waals surface area contributed by atoms with Crippen molar-refractivity contribution in [2.24, 2.45) is 0 Å². The van der Waals surface area contributed by atoms with Gasteiger partial charge in [-0.05, 0) is 56.0 Å². The molecule has 7 nitrogen and oxygen atoms in total. The van der Waals surface area contributed by atoms with E-state index in [9.17, 15) is 14.3 Å². The average molecular weight is 528 g/mol. The molecule has 4 aromatic rings. The van der Waals surface area contributed by atoms with E-state index in [1.165, 1.54) is 17.4 Å². The minimum Gasteiger partial charge on any atom is -0.478 e. The molecule has 0 bridgehead atoms. The van der Waals surface area contributed by atoms with Crippen LogP contribution in [-0.4, -0.2) is 40.4 Å². The van der Waals surface area contributed by atoms with E-state index in [-0.39, 0.29) is 17.2 Å². The number of carboxylic acid groups (broad SMARTS) is 1. The first kappa shape index (κ1) is 23.4. The maximum atomic E-state index is 14.6. The van der Waals surface area contributed by atoms with Crippen molar-refractivity contribution in [2.75, 3.05) is 18.0 Å². The second-order valence-electron chi connectivity index (χ2n) is 9.23. The summed E-state index contributed by atoms with van der Waals surface area (Å²) in [6.07, 6.45) is 3.73. The zero-order valence-corrected chi connectivity index (χ0v) is 20.8. The molecule has 2 fully saturated rings. The Morgan fingerprint density at radius 2 is 2.03 bits per heavy atom. The van der Waals surface area contributed by atoms with Gasteiger partial charge in [0.15, 0.2) is 5.13 Å². The van der Waals surface area contributed by atoms with E-state index in [1.807, 2.05) is 0 Å². The Balaban J connectivity index is 1.14. The average Bonchev–Trinajstić information content (AvgIpc) is 3.49. The van der Waals surface area contributed by atoms with E-state index in [2.05, 4.69) is 10.1 Å². The summed E-state index contributed by atoms with van der Waals surface area (Å²) in [7, 11) is 0. The van der Waals surface area contributed by atoms with E-state index >= 15 is 0 Å². The molecule has 0 radical (unpaired) electrons. The standard InChI is InChI=1S/C26H23ClFN3O4S/c27-18-2-1-3-19(28)22(18)23-17(24(35-30-23)14-4-5-14)13-34-16-8-10-31(11-9-16)26-29-20-7-6-15(25(32)33)12-21(20)36-26/h1-3,6-7,12,14,16H,4-5,8-11,13H2,(H,32,33). The van der Waals surface area contributed by atoms with Gasteiger partial charge in [0, 0.05) is 24.6 Å². The first-order chi connectivity index (χ1) is 17.5. The van der Waals surface area contributed by atoms with Gasteiger partial charge in [0.05, 0.1) is 39.1 Å². The molecular weight excluding hydrogens is 505 g/mol. The quantitative estimate of drug-likeness (QED) is 0.293. The van der Waals surface area contributed by atoms with Gasteiger partial charge in [0.2, 0.25) is 0 Å². The second-order valence-corrected chi connectivity index (χ2v) is 10.6. The molecule has 1 aliphatic heterocycles. The van der Waals surface area contributed by atoms with E-state index < -0.39 is 11.8 Å². The number of carboxylic acids is 1. The number of halogens is 2. The number of aromatic carboxylic acids is 1. The highest BCUT2D eigenvalue weighted by Crippen LogP contribution is 2.45. The number of nitrogens with zero attached hydrogens (tertiary/aromatic N) is 3. The number of rotatable bonds is 7. The zero-order valence-electron chi connectivity index (χ0n) is 19.2. The van der Waals surface area contributed by atoms with Crippen molar-refractivity contribution in [3.05, 3.63) is 64.1 Å². The Morgan fingerprint density at radius 1 is 1.22 bits per heavy atom. The first-order valence-corrected chi connectivity index (χ1v) is 13.1. The number of ether oxygens (including phenoxy) is 1. The third kappa shape index (κ3) is 4.47. The van der Waals surface area contributed by atoms with Gasteiger partial charge >= 0.3 is 5.97 Å². The Kier molecular flexibility index (Phi) is 6.15. The first-order valence-electron chi connectivity index (χ1n) is 11.9. The molecule has 1 saturated carbocycles. The van der Waals surface area contributed by atoms with Crippen LogP contribution in [0.1, 0.15) is 53.3 Å². The maximum Gasteiger partial charge on any atom is 0.335 e. The number of anilines is 1. The third-order valence-corrected chi connectivity index (χ3v) is 8.16. The Bertz CT molecular complexity index is 1420. The largest absolute Gasteiger partial charge is 0.478 e. The number of piperidine rings is 1. The smallest absolute Gasteiger partial charge is 0.335 e. The van der Waals surface area contributed by atoms with Crippen molar-refractivity contribution in [2.45, 2.75) is 44.3 Å². The molecular formula is C26H23ClFN3O4S. The number of hydrogen-bond acceptors (Lipinski definition) is 7. The topological polar surface area (TPSA) is 88.7 Å². The second kappa shape index (κ2) is 9.46. The van der Waals surface area contributed by atoms with E-state index in [0.717, 1.165) is 65.4 Å². The summed E-state index contributed by atoms with van der Waals surface area (Å²) in [5.41, 5.74) is 2.53. The third-order valence-electron chi connectivity index (χ3n) is 6.77. The number of aromatic nitrogens is 2. The molecule has 36 heavy (non-hydrogen) atoms. The van der Waals surface area contributed by atoms with Gasteiger partial charge in [-0.15, -0.1) is 0 Å². The fraction of sp³-hybridized carbons (Fsp3) is 0.346. The van der Waals surface area contributed by atoms with E-state index in [1.54, 1.807) is 30.3 Å². The van der Waals surface area contributed by atoms with Crippen LogP contribution < -0.4 is 4.90 Å². The summed E-state index contributed by atoms with van der Waals surface area (Å²) in [4.78, 5) is 18.2. The highest BCUT2D eigenvalue weighted by atomic mass is 35.5. The normalized spacial score (nSPS) is 16.7. The van der Waals surface area contributed by atoms with E-state index in [4.69, 9.17) is 25.8 Å². The summed E-state index contributed by atoms with van der Waals surface area (Å²) in [6, 6.07) is 9.60. The summed E-state index contributed by atoms with van der Waals surface area (Å²) in [5, 5.41) is 14.6. The Hall–Kier alpha value is -3.01. The Labute approximate surface area is 215 Å². The van der Waals surface area contributed by atoms with Gasteiger partial charge in [-0.1, -0.05) is 34.2 Å². The highest BCUT2D eigenvalue weighted by molar-refractivity contribution is 7.22. The molecule has 0 spiro atoms. The van der Waals surface area contributed by atoms with Crippen LogP contribution in [0.2, 0.25) is 5.02 Å². The summed E-state index contributed by atoms with van der Waals surface area (Å²) >= 11 is 7.82. The van der Waals surface area contributed by atoms with Crippen molar-refractivity contribution < 1.29 is 23.6 Å². The molecule has 1 aliphatic carbocycles. The van der Waals surface area contributed by atoms with Crippen molar-refractivity contribution in [3.63, 3.8) is 0 Å². The molecule has 10 heteroatoms. The lowest BCUT2D eigenvalue weighted by atomic mass is 10.0. The molecule has 2 aromatic heterocycles. The van der Waals surface area contributed by atoms with Crippen LogP contribution in [0.25, 0.3) is 21.5 Å². The lowest BCUT2D eigenvalue weighted by Crippen LogP contribution is -2.37. The van der Waals surface area contributed by atoms with Crippen LogP contribution in [-0.2, 0) is 11.3 Å². The molecule has 1 saturated heterocycles. The van der Waals surface area contributed by atoms with Crippen molar-refractivity contribution in [1.29, 1.82) is 0 Å². The molecule has 6 rings (SSSR count). The SMILES string of the molecule is O=C(O)c1ccc2nc(N3CCC(OCc4c(-c5c(F)cccc5Cl)noc4C4CC4)CC3)sc2c1. The van der Waals surface area contributed by atoms with Gasteiger partial charge in [0.1, 0.15) is 17.3 Å². The van der Waals surface area contributed by atoms with Crippen molar-refractivity contribution in [1.82, 2.24) is 10.1 Å². The monoisotopic (exact) mass is 527 g/mol. The Morgan fingerprint density at radius 3 is 2.75 bits per heavy atom. The molecule has 186 valence electrons. The molecule has 0 unspecified atom stereocenters. The maximum absolute atomic E-state index is 14.6. The van der Waals surface area contributed by atoms with Gasteiger partial charge in [0.25, 0.3) is 0 Å². The predicted molar refractivity (Wildman–Crippen MR) is 135 cm³/mol. The van der Waals surface area contributed by atoms with Gasteiger partial charge in [-0.2, -0.15) is 0 Å². The van der Waals surface area contributed by atoms with Crippen LogP contribution in [0.4, 0.5) is 9.52 Å². The lowest BCUT2D eigenvalue weighted by Gasteiger charge is -2.31. The van der Waals surface area contributed by atoms with Crippen LogP contribution in [0.3, 0.4) is 0 Å². The minimum atomic E-state index is -0.942. The van der Waals surface area contributed by atoms with Gasteiger partial charge < -0.3 is 19.3 Å². The molecule has 2 aromatic carbocycles. The molecule has 2 aliphatic rings. The number of benzene rings is 2. The fourth-order valence-electron chi connectivity index (χ4n) is 4.64. The summed E-state index contributed by atoms with van der Waals surface area (Å²) in [6.45, 7) is 1.85. The molecule has 0 atom stereocenters. The van der Waals surface area contributed by atoms with Gasteiger partial charge in [-0.25, -0.2) is 14.2 Å². The summed E-state index contributed by atoms with van der Waals surface area (Å²) < 4.78 is 27.4. The van der Waals surface area contributed by atoms with Crippen molar-refractivity contribution in [3.8, 4) is 11.3 Å². The van der Waals surface area contributed by atoms with Crippen LogP contribution in [0, 0.1) is 5.82 Å². The van der Waals surface area contributed by atoms with Crippen LogP contribution in [0.5, 0.6) is 0 Å². The number of carbonyl (C=O) groups is 1. The summed E-state index contributed by atoms with van der Waals surface area (Å²) in [5.74, 6) is -0.295. The van der Waals surface area contributed by atoms with Crippen LogP contribution >= 0.6 is 22.9 Å². The minimum absolute atomic E-state index is 0.0418. The lowest BCUT2D eigenvalue weighted by molar-refractivity contribution is 0.0246. The number of thiazole rings is 1. The predicted octanol–water partition coefficient (Wildman–Crippen LogP) is 6.51. The molecule has 3 heterocycles. The zero-order chi connectivity index (χ0) is 24.8. The molecule has 0 amide bonds.